The molecular formula is C18H21N3O2S. The summed E-state index contributed by atoms with van der Waals surface area (Å²) in [4.78, 5) is 13.0. The molecule has 0 spiro atoms. The number of thiophene rings is 1. The average molecular weight is 343 g/mol. The first kappa shape index (κ1) is 18.0. The molecule has 0 aliphatic carbocycles. The van der Waals surface area contributed by atoms with Gasteiger partial charge in [-0.05, 0) is 30.2 Å². The molecule has 6 heteroatoms. The molecule has 0 bridgehead atoms. The van der Waals surface area contributed by atoms with E-state index in [1.54, 1.807) is 11.3 Å². The summed E-state index contributed by atoms with van der Waals surface area (Å²) < 4.78 is 0. The van der Waals surface area contributed by atoms with Crippen molar-refractivity contribution in [2.24, 2.45) is 0 Å². The molecule has 1 aromatic heterocycles. The van der Waals surface area contributed by atoms with Gasteiger partial charge in [-0.15, -0.1) is 11.3 Å². The highest BCUT2D eigenvalue weighted by atomic mass is 32.1. The highest BCUT2D eigenvalue weighted by Crippen LogP contribution is 2.17. The van der Waals surface area contributed by atoms with Gasteiger partial charge in [-0.25, -0.2) is 0 Å². The van der Waals surface area contributed by atoms with Crippen molar-refractivity contribution in [3.05, 3.63) is 51.7 Å². The molecule has 0 fully saturated rings. The second kappa shape index (κ2) is 9.06. The third-order valence-corrected chi connectivity index (χ3v) is 4.58. The number of aliphatic hydroxyl groups is 1. The Morgan fingerprint density at radius 3 is 2.71 bits per heavy atom. The maximum Gasteiger partial charge on any atom is 0.224 e. The van der Waals surface area contributed by atoms with Gasteiger partial charge >= 0.3 is 0 Å². The van der Waals surface area contributed by atoms with E-state index in [2.05, 4.69) is 16.7 Å². The van der Waals surface area contributed by atoms with Gasteiger partial charge in [0.05, 0.1) is 24.6 Å². The van der Waals surface area contributed by atoms with Gasteiger partial charge in [0.2, 0.25) is 5.91 Å². The largest absolute Gasteiger partial charge is 0.394 e. The second-order valence-electron chi connectivity index (χ2n) is 5.50. The van der Waals surface area contributed by atoms with Crippen LogP contribution in [0.4, 0.5) is 5.69 Å². The Morgan fingerprint density at radius 1 is 1.38 bits per heavy atom. The first-order valence-corrected chi connectivity index (χ1v) is 8.73. The van der Waals surface area contributed by atoms with Gasteiger partial charge in [0.25, 0.3) is 0 Å². The molecule has 3 N–H and O–H groups in total. The lowest BCUT2D eigenvalue weighted by atomic mass is 10.1. The zero-order chi connectivity index (χ0) is 17.4. The van der Waals surface area contributed by atoms with E-state index >= 15 is 0 Å². The first-order chi connectivity index (χ1) is 11.6. The molecule has 0 aliphatic heterocycles. The molecule has 1 heterocycles. The van der Waals surface area contributed by atoms with E-state index in [4.69, 9.17) is 10.4 Å². The maximum atomic E-state index is 11.9. The summed E-state index contributed by atoms with van der Waals surface area (Å²) in [5.41, 5.74) is 2.58. The van der Waals surface area contributed by atoms with Crippen LogP contribution in [0.15, 0.2) is 35.7 Å². The number of anilines is 1. The number of nitriles is 1. The fourth-order valence-corrected chi connectivity index (χ4v) is 2.95. The molecule has 0 aliphatic rings. The van der Waals surface area contributed by atoms with Gasteiger partial charge in [-0.2, -0.15) is 5.26 Å². The Kier molecular flexibility index (Phi) is 6.79. The third-order valence-electron chi connectivity index (χ3n) is 3.65. The van der Waals surface area contributed by atoms with Crippen LogP contribution in [-0.2, 0) is 17.8 Å². The van der Waals surface area contributed by atoms with Gasteiger partial charge < -0.3 is 15.7 Å². The molecule has 0 radical (unpaired) electrons. The van der Waals surface area contributed by atoms with Gasteiger partial charge in [0.1, 0.15) is 6.07 Å². The van der Waals surface area contributed by atoms with Crippen LogP contribution in [0.3, 0.4) is 0 Å². The van der Waals surface area contributed by atoms with Gasteiger partial charge in [0.15, 0.2) is 0 Å². The standard InChI is InChI=1S/C18H21N3O2S/c1-2-15(11-22)21-18(23)8-13-3-5-16(6-4-13)20-10-17-7-14(9-19)12-24-17/h3-7,12,15,20,22H,2,8,10-11H2,1H3,(H,21,23)/t15-/m1/s1. The molecule has 0 unspecified atom stereocenters. The number of hydrogen-bond donors (Lipinski definition) is 3. The smallest absolute Gasteiger partial charge is 0.224 e. The van der Waals surface area contributed by atoms with Crippen LogP contribution < -0.4 is 10.6 Å². The van der Waals surface area contributed by atoms with Crippen molar-refractivity contribution >= 4 is 22.9 Å². The van der Waals surface area contributed by atoms with Crippen LogP contribution >= 0.6 is 11.3 Å². The molecule has 0 saturated heterocycles. The second-order valence-corrected chi connectivity index (χ2v) is 6.49. The molecule has 2 aromatic rings. The average Bonchev–Trinajstić information content (AvgIpc) is 3.07. The summed E-state index contributed by atoms with van der Waals surface area (Å²) in [6, 6.07) is 11.5. The molecule has 126 valence electrons. The quantitative estimate of drug-likeness (QED) is 0.688. The molecule has 1 amide bonds. The number of carbonyl (C=O) groups excluding carboxylic acids is 1. The summed E-state index contributed by atoms with van der Waals surface area (Å²) in [5, 5.41) is 25.9. The summed E-state index contributed by atoms with van der Waals surface area (Å²) in [6.07, 6.45) is 1.01. The van der Waals surface area contributed by atoms with Crippen LogP contribution in [0.25, 0.3) is 0 Å². The van der Waals surface area contributed by atoms with E-state index in [1.807, 2.05) is 42.6 Å². The molecule has 1 atom stereocenters. The number of aliphatic hydroxyl groups excluding tert-OH is 1. The number of nitrogens with one attached hydrogen (secondary N) is 2. The number of amides is 1. The van der Waals surface area contributed by atoms with Crippen molar-refractivity contribution in [3.63, 3.8) is 0 Å². The molecule has 2 rings (SSSR count). The lowest BCUT2D eigenvalue weighted by molar-refractivity contribution is -0.121. The Morgan fingerprint density at radius 2 is 2.12 bits per heavy atom. The van der Waals surface area contributed by atoms with Crippen LogP contribution in [-0.4, -0.2) is 23.7 Å². The minimum atomic E-state index is -0.178. The van der Waals surface area contributed by atoms with E-state index in [0.29, 0.717) is 24.9 Å². The molecule has 0 saturated carbocycles. The Hall–Kier alpha value is -2.36. The minimum absolute atomic E-state index is 0.0403. The van der Waals surface area contributed by atoms with Crippen LogP contribution in [0.1, 0.15) is 29.3 Å². The maximum absolute atomic E-state index is 11.9. The molecular weight excluding hydrogens is 322 g/mol. The van der Waals surface area contributed by atoms with Crippen molar-refractivity contribution in [1.29, 1.82) is 5.26 Å². The molecule has 1 aromatic carbocycles. The van der Waals surface area contributed by atoms with E-state index in [9.17, 15) is 4.79 Å². The van der Waals surface area contributed by atoms with Crippen molar-refractivity contribution in [2.45, 2.75) is 32.4 Å². The highest BCUT2D eigenvalue weighted by Gasteiger charge is 2.09. The topological polar surface area (TPSA) is 85.2 Å². The number of hydrogen-bond acceptors (Lipinski definition) is 5. The van der Waals surface area contributed by atoms with E-state index < -0.39 is 0 Å². The zero-order valence-electron chi connectivity index (χ0n) is 13.6. The summed E-state index contributed by atoms with van der Waals surface area (Å²) in [7, 11) is 0. The van der Waals surface area contributed by atoms with Crippen molar-refractivity contribution in [1.82, 2.24) is 5.32 Å². The highest BCUT2D eigenvalue weighted by molar-refractivity contribution is 7.10. The van der Waals surface area contributed by atoms with Gasteiger partial charge in [0, 0.05) is 22.5 Å². The fraction of sp³-hybridized carbons (Fsp3) is 0.333. The fourth-order valence-electron chi connectivity index (χ4n) is 2.20. The minimum Gasteiger partial charge on any atom is -0.394 e. The predicted molar refractivity (Wildman–Crippen MR) is 95.8 cm³/mol. The number of rotatable bonds is 8. The van der Waals surface area contributed by atoms with E-state index in [0.717, 1.165) is 16.1 Å². The number of benzene rings is 1. The van der Waals surface area contributed by atoms with Gasteiger partial charge in [-0.3, -0.25) is 4.79 Å². The van der Waals surface area contributed by atoms with Crippen LogP contribution in [0.5, 0.6) is 0 Å². The SMILES string of the molecule is CC[C@H](CO)NC(=O)Cc1ccc(NCc2cc(C#N)cs2)cc1. The third kappa shape index (κ3) is 5.37. The Labute approximate surface area is 145 Å². The van der Waals surface area contributed by atoms with Gasteiger partial charge in [-0.1, -0.05) is 19.1 Å². The van der Waals surface area contributed by atoms with Crippen molar-refractivity contribution in [2.75, 3.05) is 11.9 Å². The summed E-state index contributed by atoms with van der Waals surface area (Å²) in [5.74, 6) is -0.0840. The Balaban J connectivity index is 1.84. The number of carbonyl (C=O) groups is 1. The summed E-state index contributed by atoms with van der Waals surface area (Å²) >= 11 is 1.56. The summed E-state index contributed by atoms with van der Waals surface area (Å²) in [6.45, 7) is 2.55. The van der Waals surface area contributed by atoms with Crippen LogP contribution in [0.2, 0.25) is 0 Å². The lowest BCUT2D eigenvalue weighted by Crippen LogP contribution is -2.37. The Bertz CT molecular complexity index is 700. The first-order valence-electron chi connectivity index (χ1n) is 7.85. The zero-order valence-corrected chi connectivity index (χ0v) is 14.4. The molecule has 24 heavy (non-hydrogen) atoms. The van der Waals surface area contributed by atoms with Crippen LogP contribution in [0, 0.1) is 11.3 Å². The van der Waals surface area contributed by atoms with Crippen molar-refractivity contribution < 1.29 is 9.90 Å². The lowest BCUT2D eigenvalue weighted by Gasteiger charge is -2.14. The number of nitrogens with zero attached hydrogens (tertiary/aromatic N) is 1. The molecule has 5 nitrogen and oxygen atoms in total. The van der Waals surface area contributed by atoms with E-state index in [-0.39, 0.29) is 18.6 Å². The van der Waals surface area contributed by atoms with Crippen molar-refractivity contribution in [3.8, 4) is 6.07 Å². The monoisotopic (exact) mass is 343 g/mol. The predicted octanol–water partition coefficient (Wildman–Crippen LogP) is 2.66. The van der Waals surface area contributed by atoms with E-state index in [1.165, 1.54) is 0 Å². The normalized spacial score (nSPS) is 11.5.